The van der Waals surface area contributed by atoms with Crippen LogP contribution in [0, 0.1) is 0 Å². The summed E-state index contributed by atoms with van der Waals surface area (Å²) in [4.78, 5) is 0. The summed E-state index contributed by atoms with van der Waals surface area (Å²) in [6, 6.07) is 1.63. The first kappa shape index (κ1) is 8.96. The van der Waals surface area contributed by atoms with Crippen molar-refractivity contribution in [1.29, 1.82) is 0 Å². The Bertz CT molecular complexity index is 378. The number of aliphatic hydroxyl groups is 1. The molecule has 1 atom stereocenters. The third-order valence-electron chi connectivity index (χ3n) is 2.00. The highest BCUT2D eigenvalue weighted by Gasteiger charge is 2.28. The predicted octanol–water partition coefficient (Wildman–Crippen LogP) is 1.11. The Labute approximate surface area is 80.3 Å². The third-order valence-corrected chi connectivity index (χ3v) is 2.00. The number of nitrogens with zero attached hydrogens (tertiary/aromatic N) is 2. The van der Waals surface area contributed by atoms with E-state index in [4.69, 9.17) is 4.52 Å². The lowest BCUT2D eigenvalue weighted by atomic mass is 9.96. The zero-order chi connectivity index (χ0) is 10.0. The van der Waals surface area contributed by atoms with E-state index in [2.05, 4.69) is 14.8 Å². The minimum absolute atomic E-state index is 0.381. The van der Waals surface area contributed by atoms with E-state index in [1.165, 1.54) is 12.5 Å². The maximum Gasteiger partial charge on any atom is 0.168 e. The van der Waals surface area contributed by atoms with E-state index in [1.54, 1.807) is 19.2 Å². The zero-order valence-electron chi connectivity index (χ0n) is 7.67. The van der Waals surface area contributed by atoms with Gasteiger partial charge in [0.1, 0.15) is 11.9 Å². The van der Waals surface area contributed by atoms with Crippen molar-refractivity contribution in [2.75, 3.05) is 0 Å². The normalized spacial score (nSPS) is 15.3. The summed E-state index contributed by atoms with van der Waals surface area (Å²) >= 11 is 0. The van der Waals surface area contributed by atoms with Crippen LogP contribution in [-0.2, 0) is 12.0 Å². The molecule has 0 aliphatic carbocycles. The van der Waals surface area contributed by atoms with Crippen molar-refractivity contribution in [2.24, 2.45) is 0 Å². The molecule has 74 valence electrons. The SMILES string of the molecule is CC(O)(Cc1cnoc1)c1ccno1. The lowest BCUT2D eigenvalue weighted by molar-refractivity contribution is 0.0283. The largest absolute Gasteiger partial charge is 0.382 e. The summed E-state index contributed by atoms with van der Waals surface area (Å²) in [5, 5.41) is 17.1. The fraction of sp³-hybridized carbons (Fsp3) is 0.333. The van der Waals surface area contributed by atoms with Crippen LogP contribution in [0.1, 0.15) is 18.2 Å². The van der Waals surface area contributed by atoms with Gasteiger partial charge in [0.15, 0.2) is 5.76 Å². The monoisotopic (exact) mass is 194 g/mol. The second kappa shape index (κ2) is 3.26. The van der Waals surface area contributed by atoms with E-state index in [-0.39, 0.29) is 0 Å². The van der Waals surface area contributed by atoms with Crippen molar-refractivity contribution in [2.45, 2.75) is 18.9 Å². The van der Waals surface area contributed by atoms with Crippen molar-refractivity contribution in [3.05, 3.63) is 36.0 Å². The standard InChI is InChI=1S/C9H10N2O3/c1-9(12,8-2-3-10-14-8)4-7-5-11-13-6-7/h2-3,5-6,12H,4H2,1H3. The van der Waals surface area contributed by atoms with E-state index >= 15 is 0 Å². The molecule has 0 saturated heterocycles. The number of hydrogen-bond donors (Lipinski definition) is 1. The molecule has 2 aromatic rings. The Morgan fingerprint density at radius 1 is 1.50 bits per heavy atom. The van der Waals surface area contributed by atoms with E-state index in [0.29, 0.717) is 12.2 Å². The molecule has 0 aliphatic rings. The fourth-order valence-electron chi connectivity index (χ4n) is 1.29. The van der Waals surface area contributed by atoms with Crippen LogP contribution in [0.15, 0.2) is 33.8 Å². The zero-order valence-corrected chi connectivity index (χ0v) is 7.67. The maximum absolute atomic E-state index is 10.0. The summed E-state index contributed by atoms with van der Waals surface area (Å²) < 4.78 is 9.57. The molecule has 0 aliphatic heterocycles. The van der Waals surface area contributed by atoms with Crippen molar-refractivity contribution in [1.82, 2.24) is 10.3 Å². The summed E-state index contributed by atoms with van der Waals surface area (Å²) in [6.07, 6.45) is 4.93. The Balaban J connectivity index is 2.17. The minimum Gasteiger partial charge on any atom is -0.382 e. The lowest BCUT2D eigenvalue weighted by Gasteiger charge is -2.18. The van der Waals surface area contributed by atoms with Gasteiger partial charge < -0.3 is 14.2 Å². The van der Waals surface area contributed by atoms with Gasteiger partial charge in [0.05, 0.1) is 12.4 Å². The molecule has 0 radical (unpaired) electrons. The molecule has 0 fully saturated rings. The molecule has 0 aromatic carbocycles. The molecule has 0 saturated carbocycles. The molecule has 1 N–H and O–H groups in total. The molecule has 2 heterocycles. The lowest BCUT2D eigenvalue weighted by Crippen LogP contribution is -2.23. The van der Waals surface area contributed by atoms with Gasteiger partial charge in [0.25, 0.3) is 0 Å². The Morgan fingerprint density at radius 3 is 2.93 bits per heavy atom. The summed E-state index contributed by atoms with van der Waals surface area (Å²) in [6.45, 7) is 1.65. The summed E-state index contributed by atoms with van der Waals surface area (Å²) in [5.74, 6) is 0.429. The van der Waals surface area contributed by atoms with Crippen molar-refractivity contribution < 1.29 is 14.2 Å². The van der Waals surface area contributed by atoms with Crippen LogP contribution in [0.5, 0.6) is 0 Å². The van der Waals surface area contributed by atoms with Gasteiger partial charge in [-0.1, -0.05) is 10.3 Å². The topological polar surface area (TPSA) is 72.3 Å². The first-order chi connectivity index (χ1) is 6.68. The van der Waals surface area contributed by atoms with Gasteiger partial charge in [0, 0.05) is 18.1 Å². The van der Waals surface area contributed by atoms with E-state index in [0.717, 1.165) is 5.56 Å². The number of aromatic nitrogens is 2. The van der Waals surface area contributed by atoms with Gasteiger partial charge >= 0.3 is 0 Å². The molecule has 5 nitrogen and oxygen atoms in total. The Morgan fingerprint density at radius 2 is 2.36 bits per heavy atom. The van der Waals surface area contributed by atoms with Crippen molar-refractivity contribution in [3.8, 4) is 0 Å². The highest BCUT2D eigenvalue weighted by Crippen LogP contribution is 2.24. The molecule has 5 heteroatoms. The molecular formula is C9H10N2O3. The highest BCUT2D eigenvalue weighted by atomic mass is 16.5. The summed E-state index contributed by atoms with van der Waals surface area (Å²) in [5.41, 5.74) is -0.270. The molecule has 14 heavy (non-hydrogen) atoms. The van der Waals surface area contributed by atoms with Crippen molar-refractivity contribution in [3.63, 3.8) is 0 Å². The quantitative estimate of drug-likeness (QED) is 0.792. The summed E-state index contributed by atoms with van der Waals surface area (Å²) in [7, 11) is 0. The second-order valence-corrected chi connectivity index (χ2v) is 3.36. The highest BCUT2D eigenvalue weighted by molar-refractivity contribution is 5.12. The third kappa shape index (κ3) is 1.67. The van der Waals surface area contributed by atoms with Crippen LogP contribution in [0.2, 0.25) is 0 Å². The molecule has 2 aromatic heterocycles. The number of rotatable bonds is 3. The van der Waals surface area contributed by atoms with Crippen LogP contribution in [0.4, 0.5) is 0 Å². The molecule has 0 amide bonds. The molecule has 0 bridgehead atoms. The maximum atomic E-state index is 10.0. The van der Waals surface area contributed by atoms with E-state index < -0.39 is 5.60 Å². The van der Waals surface area contributed by atoms with Crippen LogP contribution in [0.3, 0.4) is 0 Å². The Kier molecular flexibility index (Phi) is 2.09. The first-order valence-corrected chi connectivity index (χ1v) is 4.20. The average Bonchev–Trinajstić information content (AvgIpc) is 2.71. The molecule has 1 unspecified atom stereocenters. The van der Waals surface area contributed by atoms with Gasteiger partial charge in [-0.05, 0) is 6.92 Å². The van der Waals surface area contributed by atoms with Gasteiger partial charge in [-0.2, -0.15) is 0 Å². The predicted molar refractivity (Wildman–Crippen MR) is 46.3 cm³/mol. The molecule has 0 spiro atoms. The van der Waals surface area contributed by atoms with Gasteiger partial charge in [-0.15, -0.1) is 0 Å². The second-order valence-electron chi connectivity index (χ2n) is 3.36. The van der Waals surface area contributed by atoms with Gasteiger partial charge in [-0.3, -0.25) is 0 Å². The van der Waals surface area contributed by atoms with Crippen molar-refractivity contribution >= 4 is 0 Å². The van der Waals surface area contributed by atoms with Crippen LogP contribution >= 0.6 is 0 Å². The van der Waals surface area contributed by atoms with Crippen LogP contribution in [-0.4, -0.2) is 15.4 Å². The Hall–Kier alpha value is -1.62. The average molecular weight is 194 g/mol. The number of hydrogen-bond acceptors (Lipinski definition) is 5. The smallest absolute Gasteiger partial charge is 0.168 e. The minimum atomic E-state index is -1.08. The molecular weight excluding hydrogens is 184 g/mol. The van der Waals surface area contributed by atoms with E-state index in [9.17, 15) is 5.11 Å². The van der Waals surface area contributed by atoms with E-state index in [1.807, 2.05) is 0 Å². The van der Waals surface area contributed by atoms with Gasteiger partial charge in [0.2, 0.25) is 0 Å². The fourth-order valence-corrected chi connectivity index (χ4v) is 1.29. The first-order valence-electron chi connectivity index (χ1n) is 4.20. The van der Waals surface area contributed by atoms with Gasteiger partial charge in [-0.25, -0.2) is 0 Å². The molecule has 2 rings (SSSR count). The van der Waals surface area contributed by atoms with Crippen LogP contribution in [0.25, 0.3) is 0 Å². The van der Waals surface area contributed by atoms with Crippen LogP contribution < -0.4 is 0 Å².